The summed E-state index contributed by atoms with van der Waals surface area (Å²) in [7, 11) is 0. The number of aromatic nitrogens is 2. The van der Waals surface area contributed by atoms with Gasteiger partial charge in [-0.15, -0.1) is 22.0 Å². The van der Waals surface area contributed by atoms with Crippen molar-refractivity contribution in [2.24, 2.45) is 0 Å². The molecule has 5 heteroatoms. The van der Waals surface area contributed by atoms with Gasteiger partial charge in [-0.05, 0) is 30.5 Å². The van der Waals surface area contributed by atoms with Gasteiger partial charge in [-0.3, -0.25) is 0 Å². The van der Waals surface area contributed by atoms with Crippen LogP contribution in [0.1, 0.15) is 0 Å². The number of aliphatic hydroxyl groups excluding tert-OH is 1. The Morgan fingerprint density at radius 2 is 2.11 bits per heavy atom. The van der Waals surface area contributed by atoms with Gasteiger partial charge in [0.15, 0.2) is 0 Å². The maximum Gasteiger partial charge on any atom is 0.148 e. The first-order valence-corrected chi connectivity index (χ1v) is 6.89. The van der Waals surface area contributed by atoms with Crippen LogP contribution in [0.2, 0.25) is 0 Å². The minimum absolute atomic E-state index is 0.0825. The van der Waals surface area contributed by atoms with Gasteiger partial charge in [0.2, 0.25) is 0 Å². The van der Waals surface area contributed by atoms with Crippen molar-refractivity contribution in [1.29, 1.82) is 0 Å². The Morgan fingerprint density at radius 3 is 2.78 bits per heavy atom. The fraction of sp³-hybridized carbons (Fsp3) is 0.231. The lowest BCUT2D eigenvalue weighted by Crippen LogP contribution is -2.07. The van der Waals surface area contributed by atoms with Crippen molar-refractivity contribution in [2.45, 2.75) is 4.90 Å². The van der Waals surface area contributed by atoms with Gasteiger partial charge in [-0.1, -0.05) is 12.1 Å². The summed E-state index contributed by atoms with van der Waals surface area (Å²) in [6.45, 7) is 0.565. The predicted molar refractivity (Wildman–Crippen MR) is 74.8 cm³/mol. The van der Waals surface area contributed by atoms with Crippen LogP contribution < -0.4 is 5.32 Å². The molecule has 1 aromatic heterocycles. The van der Waals surface area contributed by atoms with Gasteiger partial charge >= 0.3 is 0 Å². The van der Waals surface area contributed by atoms with Crippen molar-refractivity contribution >= 4 is 17.6 Å². The van der Waals surface area contributed by atoms with Crippen LogP contribution in [0.4, 0.5) is 5.82 Å². The van der Waals surface area contributed by atoms with Crippen LogP contribution in [0, 0.1) is 0 Å². The molecule has 2 aromatic rings. The molecule has 0 bridgehead atoms. The molecule has 0 spiro atoms. The van der Waals surface area contributed by atoms with Gasteiger partial charge in [0, 0.05) is 17.0 Å². The maximum absolute atomic E-state index is 8.70. The highest BCUT2D eigenvalue weighted by molar-refractivity contribution is 7.98. The molecule has 0 saturated carbocycles. The number of anilines is 1. The summed E-state index contributed by atoms with van der Waals surface area (Å²) in [5.41, 5.74) is 1.91. The molecule has 0 aliphatic heterocycles. The number of nitrogens with one attached hydrogen (secondary N) is 1. The zero-order valence-corrected chi connectivity index (χ0v) is 10.9. The summed E-state index contributed by atoms with van der Waals surface area (Å²) in [5, 5.41) is 19.9. The number of rotatable bonds is 5. The highest BCUT2D eigenvalue weighted by Gasteiger charge is 2.01. The summed E-state index contributed by atoms with van der Waals surface area (Å²) in [5.74, 6) is 0.675. The molecule has 0 aliphatic carbocycles. The Labute approximate surface area is 110 Å². The number of hydrogen-bond acceptors (Lipinski definition) is 5. The van der Waals surface area contributed by atoms with E-state index in [2.05, 4.69) is 27.6 Å². The molecule has 2 N–H and O–H groups in total. The van der Waals surface area contributed by atoms with Gasteiger partial charge in [0.25, 0.3) is 0 Å². The quantitative estimate of drug-likeness (QED) is 0.809. The molecule has 94 valence electrons. The zero-order valence-electron chi connectivity index (χ0n) is 10.1. The monoisotopic (exact) mass is 261 g/mol. The lowest BCUT2D eigenvalue weighted by molar-refractivity contribution is 0.311. The second kappa shape index (κ2) is 6.37. The molecule has 0 unspecified atom stereocenters. The molecule has 2 rings (SSSR count). The van der Waals surface area contributed by atoms with E-state index < -0.39 is 0 Å². The van der Waals surface area contributed by atoms with E-state index in [1.165, 1.54) is 4.90 Å². The third-order valence-corrected chi connectivity index (χ3v) is 3.17. The van der Waals surface area contributed by atoms with Gasteiger partial charge in [-0.2, -0.15) is 0 Å². The van der Waals surface area contributed by atoms with Crippen molar-refractivity contribution in [3.8, 4) is 11.3 Å². The van der Waals surface area contributed by atoms with Crippen LogP contribution in [0.5, 0.6) is 0 Å². The first-order valence-electron chi connectivity index (χ1n) is 5.66. The highest BCUT2D eigenvalue weighted by Crippen LogP contribution is 2.22. The Balaban J connectivity index is 2.17. The number of hydrogen-bond donors (Lipinski definition) is 2. The molecule has 4 nitrogen and oxygen atoms in total. The van der Waals surface area contributed by atoms with Crippen molar-refractivity contribution in [3.63, 3.8) is 0 Å². The van der Waals surface area contributed by atoms with Crippen LogP contribution in [0.3, 0.4) is 0 Å². The number of thioether (sulfide) groups is 1. The first-order chi connectivity index (χ1) is 8.83. The average molecular weight is 261 g/mol. The lowest BCUT2D eigenvalue weighted by Gasteiger charge is -2.05. The van der Waals surface area contributed by atoms with Gasteiger partial charge < -0.3 is 10.4 Å². The second-order valence-corrected chi connectivity index (χ2v) is 4.57. The molecule has 0 aliphatic rings. The molecule has 0 amide bonds. The Kier molecular flexibility index (Phi) is 4.55. The fourth-order valence-corrected chi connectivity index (χ4v) is 2.01. The Bertz CT molecular complexity index is 502. The van der Waals surface area contributed by atoms with E-state index in [9.17, 15) is 0 Å². The molecular weight excluding hydrogens is 246 g/mol. The third-order valence-electron chi connectivity index (χ3n) is 2.45. The van der Waals surface area contributed by atoms with Crippen molar-refractivity contribution in [3.05, 3.63) is 36.4 Å². The molecule has 0 radical (unpaired) electrons. The van der Waals surface area contributed by atoms with E-state index in [0.717, 1.165) is 11.3 Å². The van der Waals surface area contributed by atoms with Crippen LogP contribution >= 0.6 is 11.8 Å². The molecule has 1 heterocycles. The summed E-state index contributed by atoms with van der Waals surface area (Å²) < 4.78 is 0. The largest absolute Gasteiger partial charge is 0.395 e. The Morgan fingerprint density at radius 1 is 1.22 bits per heavy atom. The van der Waals surface area contributed by atoms with E-state index in [0.29, 0.717) is 12.4 Å². The minimum atomic E-state index is 0.0825. The average Bonchev–Trinajstić information content (AvgIpc) is 2.46. The molecule has 0 fully saturated rings. The standard InChI is InChI=1S/C13H15N3OS/c1-18-11-4-2-3-10(9-11)12-5-6-13(16-15-12)14-7-8-17/h2-6,9,17H,7-8H2,1H3,(H,14,16). The highest BCUT2D eigenvalue weighted by atomic mass is 32.2. The van der Waals surface area contributed by atoms with Crippen LogP contribution in [-0.2, 0) is 0 Å². The van der Waals surface area contributed by atoms with E-state index in [-0.39, 0.29) is 6.61 Å². The van der Waals surface area contributed by atoms with Gasteiger partial charge in [-0.25, -0.2) is 0 Å². The smallest absolute Gasteiger partial charge is 0.148 e. The fourth-order valence-electron chi connectivity index (χ4n) is 1.55. The summed E-state index contributed by atoms with van der Waals surface area (Å²) >= 11 is 1.70. The number of aliphatic hydroxyl groups is 1. The van der Waals surface area contributed by atoms with Crippen LogP contribution in [-0.4, -0.2) is 34.7 Å². The molecule has 18 heavy (non-hydrogen) atoms. The van der Waals surface area contributed by atoms with E-state index in [4.69, 9.17) is 5.11 Å². The zero-order chi connectivity index (χ0) is 12.8. The van der Waals surface area contributed by atoms with Gasteiger partial charge in [0.05, 0.1) is 12.3 Å². The topological polar surface area (TPSA) is 58.0 Å². The summed E-state index contributed by atoms with van der Waals surface area (Å²) in [4.78, 5) is 1.21. The van der Waals surface area contributed by atoms with Crippen LogP contribution in [0.15, 0.2) is 41.3 Å². The summed E-state index contributed by atoms with van der Waals surface area (Å²) in [6, 6.07) is 12.0. The van der Waals surface area contributed by atoms with Crippen LogP contribution in [0.25, 0.3) is 11.3 Å². The first kappa shape index (κ1) is 12.9. The maximum atomic E-state index is 8.70. The predicted octanol–water partition coefficient (Wildman–Crippen LogP) is 2.27. The second-order valence-electron chi connectivity index (χ2n) is 3.69. The van der Waals surface area contributed by atoms with E-state index in [1.807, 2.05) is 30.5 Å². The SMILES string of the molecule is CSc1cccc(-c2ccc(NCCO)nn2)c1. The summed E-state index contributed by atoms with van der Waals surface area (Å²) in [6.07, 6.45) is 2.05. The van der Waals surface area contributed by atoms with Gasteiger partial charge in [0.1, 0.15) is 5.82 Å². The van der Waals surface area contributed by atoms with Crippen molar-refractivity contribution in [1.82, 2.24) is 10.2 Å². The lowest BCUT2D eigenvalue weighted by atomic mass is 10.1. The number of benzene rings is 1. The molecule has 0 atom stereocenters. The molecule has 1 aromatic carbocycles. The van der Waals surface area contributed by atoms with Crippen molar-refractivity contribution < 1.29 is 5.11 Å². The molecular formula is C13H15N3OS. The number of nitrogens with zero attached hydrogens (tertiary/aromatic N) is 2. The van der Waals surface area contributed by atoms with Crippen molar-refractivity contribution in [2.75, 3.05) is 24.7 Å². The Hall–Kier alpha value is -1.59. The van der Waals surface area contributed by atoms with E-state index >= 15 is 0 Å². The molecule has 0 saturated heterocycles. The van der Waals surface area contributed by atoms with E-state index in [1.54, 1.807) is 11.8 Å². The normalized spacial score (nSPS) is 10.3. The third kappa shape index (κ3) is 3.21. The minimum Gasteiger partial charge on any atom is -0.395 e.